The van der Waals surface area contributed by atoms with Crippen molar-refractivity contribution in [3.63, 3.8) is 0 Å². The van der Waals surface area contributed by atoms with E-state index in [1.807, 2.05) is 41.3 Å². The third-order valence-corrected chi connectivity index (χ3v) is 5.21. The van der Waals surface area contributed by atoms with Crippen LogP contribution < -0.4 is 10.6 Å². The number of rotatable bonds is 5. The monoisotopic (exact) mass is 373 g/mol. The number of carbonyl (C=O) groups excluding carboxylic acids is 1. The van der Waals surface area contributed by atoms with Gasteiger partial charge in [-0.2, -0.15) is 0 Å². The van der Waals surface area contributed by atoms with Crippen LogP contribution in [0.25, 0.3) is 11.1 Å². The van der Waals surface area contributed by atoms with Crippen molar-refractivity contribution < 1.29 is 4.79 Å². The number of hydrogen-bond acceptors (Lipinski definition) is 5. The van der Waals surface area contributed by atoms with Crippen molar-refractivity contribution in [2.24, 2.45) is 0 Å². The van der Waals surface area contributed by atoms with Crippen molar-refractivity contribution >= 4 is 17.5 Å². The van der Waals surface area contributed by atoms with Gasteiger partial charge in [-0.3, -0.25) is 9.78 Å². The van der Waals surface area contributed by atoms with Crippen molar-refractivity contribution in [1.82, 2.24) is 15.0 Å². The highest BCUT2D eigenvalue weighted by atomic mass is 16.2. The molecule has 2 N–H and O–H groups in total. The van der Waals surface area contributed by atoms with Gasteiger partial charge in [0.1, 0.15) is 0 Å². The Balaban J connectivity index is 1.51. The number of nitrogens with two attached hydrogens (primary N) is 1. The van der Waals surface area contributed by atoms with Crippen LogP contribution in [0.4, 0.5) is 11.6 Å². The standard InChI is InChI=1S/C22H23N5O/c23-22-25-14-18(15-26-22)17-7-5-16(6-8-17)13-21(28)27(19-3-1-2-4-19)20-9-11-24-12-10-20/h5-12,14-15,19H,1-4,13H2,(H2,23,25,26). The topological polar surface area (TPSA) is 85.0 Å². The molecule has 6 heteroatoms. The average molecular weight is 373 g/mol. The number of benzene rings is 1. The highest BCUT2D eigenvalue weighted by Gasteiger charge is 2.27. The Morgan fingerprint density at radius 1 is 0.964 bits per heavy atom. The molecule has 0 radical (unpaired) electrons. The van der Waals surface area contributed by atoms with Gasteiger partial charge in [0.05, 0.1) is 6.42 Å². The van der Waals surface area contributed by atoms with Crippen LogP contribution in [0.1, 0.15) is 31.2 Å². The van der Waals surface area contributed by atoms with E-state index in [0.29, 0.717) is 6.42 Å². The summed E-state index contributed by atoms with van der Waals surface area (Å²) in [5.74, 6) is 0.385. The van der Waals surface area contributed by atoms with Gasteiger partial charge < -0.3 is 10.6 Å². The largest absolute Gasteiger partial charge is 0.368 e. The first-order chi connectivity index (χ1) is 13.7. The van der Waals surface area contributed by atoms with Crippen LogP contribution in [-0.2, 0) is 11.2 Å². The molecule has 4 rings (SSSR count). The van der Waals surface area contributed by atoms with E-state index >= 15 is 0 Å². The zero-order valence-electron chi connectivity index (χ0n) is 15.7. The van der Waals surface area contributed by atoms with Gasteiger partial charge in [0.25, 0.3) is 0 Å². The first kappa shape index (κ1) is 18.1. The van der Waals surface area contributed by atoms with Crippen molar-refractivity contribution in [2.45, 2.75) is 38.1 Å². The molecule has 0 spiro atoms. The Kier molecular flexibility index (Phi) is 5.28. The second kappa shape index (κ2) is 8.17. The maximum Gasteiger partial charge on any atom is 0.231 e. The lowest BCUT2D eigenvalue weighted by Gasteiger charge is -2.29. The molecule has 1 saturated carbocycles. The molecule has 0 aliphatic heterocycles. The molecule has 0 atom stereocenters. The molecule has 1 amide bonds. The molecule has 1 aromatic carbocycles. The number of amides is 1. The minimum Gasteiger partial charge on any atom is -0.368 e. The fourth-order valence-electron chi connectivity index (χ4n) is 3.79. The van der Waals surface area contributed by atoms with Crippen LogP contribution in [0, 0.1) is 0 Å². The molecule has 1 fully saturated rings. The summed E-state index contributed by atoms with van der Waals surface area (Å²) >= 11 is 0. The Labute approximate surface area is 164 Å². The van der Waals surface area contributed by atoms with Gasteiger partial charge in [0.15, 0.2) is 0 Å². The minimum atomic E-state index is 0.127. The third kappa shape index (κ3) is 4.01. The predicted molar refractivity (Wildman–Crippen MR) is 110 cm³/mol. The maximum absolute atomic E-state index is 13.2. The van der Waals surface area contributed by atoms with Crippen LogP contribution in [0.5, 0.6) is 0 Å². The lowest BCUT2D eigenvalue weighted by molar-refractivity contribution is -0.118. The van der Waals surface area contributed by atoms with Crippen molar-refractivity contribution in [1.29, 1.82) is 0 Å². The molecule has 142 valence electrons. The zero-order valence-corrected chi connectivity index (χ0v) is 15.7. The minimum absolute atomic E-state index is 0.127. The molecule has 0 bridgehead atoms. The SMILES string of the molecule is Nc1ncc(-c2ccc(CC(=O)N(c3ccncc3)C3CCCC3)cc2)cn1. The number of nitrogens with zero attached hydrogens (tertiary/aromatic N) is 4. The normalized spacial score (nSPS) is 14.1. The van der Waals surface area contributed by atoms with E-state index in [2.05, 4.69) is 15.0 Å². The van der Waals surface area contributed by atoms with Crippen molar-refractivity contribution in [2.75, 3.05) is 10.6 Å². The summed E-state index contributed by atoms with van der Waals surface area (Å²) in [6.07, 6.45) is 11.7. The molecule has 2 aromatic heterocycles. The molecule has 0 saturated heterocycles. The number of aromatic nitrogens is 3. The molecule has 3 aromatic rings. The zero-order chi connectivity index (χ0) is 19.3. The van der Waals surface area contributed by atoms with Gasteiger partial charge in [0, 0.05) is 42.1 Å². The number of nitrogen functional groups attached to an aromatic ring is 1. The van der Waals surface area contributed by atoms with E-state index in [1.54, 1.807) is 24.8 Å². The fraction of sp³-hybridized carbons (Fsp3) is 0.273. The first-order valence-corrected chi connectivity index (χ1v) is 9.59. The Morgan fingerprint density at radius 2 is 1.61 bits per heavy atom. The highest BCUT2D eigenvalue weighted by molar-refractivity contribution is 5.95. The van der Waals surface area contributed by atoms with E-state index < -0.39 is 0 Å². The van der Waals surface area contributed by atoms with Crippen molar-refractivity contribution in [3.8, 4) is 11.1 Å². The van der Waals surface area contributed by atoms with Crippen LogP contribution in [-0.4, -0.2) is 26.9 Å². The summed E-state index contributed by atoms with van der Waals surface area (Å²) in [5.41, 5.74) is 9.36. The van der Waals surface area contributed by atoms with Crippen LogP contribution >= 0.6 is 0 Å². The summed E-state index contributed by atoms with van der Waals surface area (Å²) < 4.78 is 0. The summed E-state index contributed by atoms with van der Waals surface area (Å²) in [7, 11) is 0. The summed E-state index contributed by atoms with van der Waals surface area (Å²) in [4.78, 5) is 27.3. The molecule has 0 unspecified atom stereocenters. The quantitative estimate of drug-likeness (QED) is 0.738. The van der Waals surface area contributed by atoms with Crippen molar-refractivity contribution in [3.05, 3.63) is 66.7 Å². The van der Waals surface area contributed by atoms with Crippen LogP contribution in [0.3, 0.4) is 0 Å². The van der Waals surface area contributed by atoms with Crippen LogP contribution in [0.2, 0.25) is 0 Å². The summed E-state index contributed by atoms with van der Waals surface area (Å²) in [5, 5.41) is 0. The Bertz CT molecular complexity index is 919. The molecule has 28 heavy (non-hydrogen) atoms. The second-order valence-corrected chi connectivity index (χ2v) is 7.11. The van der Waals surface area contributed by atoms with Gasteiger partial charge in [-0.1, -0.05) is 37.1 Å². The van der Waals surface area contributed by atoms with Gasteiger partial charge in [-0.05, 0) is 36.1 Å². The highest BCUT2D eigenvalue weighted by Crippen LogP contribution is 2.29. The van der Waals surface area contributed by atoms with E-state index in [1.165, 1.54) is 12.8 Å². The molecule has 6 nitrogen and oxygen atoms in total. The summed E-state index contributed by atoms with van der Waals surface area (Å²) in [6.45, 7) is 0. The van der Waals surface area contributed by atoms with Gasteiger partial charge >= 0.3 is 0 Å². The number of hydrogen-bond donors (Lipinski definition) is 1. The average Bonchev–Trinajstić information content (AvgIpc) is 3.24. The molecular weight excluding hydrogens is 350 g/mol. The van der Waals surface area contributed by atoms with Gasteiger partial charge in [-0.25, -0.2) is 9.97 Å². The lowest BCUT2D eigenvalue weighted by Crippen LogP contribution is -2.40. The number of pyridine rings is 1. The van der Waals surface area contributed by atoms with Gasteiger partial charge in [0.2, 0.25) is 11.9 Å². The van der Waals surface area contributed by atoms with E-state index in [4.69, 9.17) is 5.73 Å². The second-order valence-electron chi connectivity index (χ2n) is 7.11. The Hall–Kier alpha value is -3.28. The first-order valence-electron chi connectivity index (χ1n) is 9.59. The summed E-state index contributed by atoms with van der Waals surface area (Å²) in [6, 6.07) is 12.1. The van der Waals surface area contributed by atoms with E-state index in [9.17, 15) is 4.79 Å². The number of carbonyl (C=O) groups is 1. The van der Waals surface area contributed by atoms with E-state index in [-0.39, 0.29) is 17.9 Å². The van der Waals surface area contributed by atoms with Gasteiger partial charge in [-0.15, -0.1) is 0 Å². The number of anilines is 2. The maximum atomic E-state index is 13.2. The lowest BCUT2D eigenvalue weighted by atomic mass is 10.0. The fourth-order valence-corrected chi connectivity index (χ4v) is 3.79. The molecule has 1 aliphatic rings. The van der Waals surface area contributed by atoms with Crippen LogP contribution in [0.15, 0.2) is 61.2 Å². The Morgan fingerprint density at radius 3 is 2.25 bits per heavy atom. The molecular formula is C22H23N5O. The smallest absolute Gasteiger partial charge is 0.231 e. The third-order valence-electron chi connectivity index (χ3n) is 5.21. The van der Waals surface area contributed by atoms with E-state index in [0.717, 1.165) is 35.2 Å². The molecule has 1 aliphatic carbocycles. The predicted octanol–water partition coefficient (Wildman–Crippen LogP) is 3.64. The molecule has 2 heterocycles.